The molecule has 7 heteroatoms. The largest absolute Gasteiger partial charge is 0.513 e. The van der Waals surface area contributed by atoms with Crippen LogP contribution in [-0.4, -0.2) is 25.3 Å². The van der Waals surface area contributed by atoms with Gasteiger partial charge in [-0.2, -0.15) is 0 Å². The van der Waals surface area contributed by atoms with Crippen LogP contribution in [0, 0.1) is 0 Å². The van der Waals surface area contributed by atoms with Gasteiger partial charge < -0.3 is 14.2 Å². The molecule has 28 heavy (non-hydrogen) atoms. The molecular formula is C21H18O6S. The highest BCUT2D eigenvalue weighted by atomic mass is 32.1. The second-order valence-electron chi connectivity index (χ2n) is 6.06. The van der Waals surface area contributed by atoms with Crippen LogP contribution in [0.1, 0.15) is 13.3 Å². The second kappa shape index (κ2) is 8.67. The van der Waals surface area contributed by atoms with Crippen molar-refractivity contribution in [3.8, 4) is 5.75 Å². The first kappa shape index (κ1) is 19.6. The third kappa shape index (κ3) is 4.55. The van der Waals surface area contributed by atoms with Gasteiger partial charge in [0, 0.05) is 32.2 Å². The van der Waals surface area contributed by atoms with Gasteiger partial charge >= 0.3 is 12.1 Å². The minimum atomic E-state index is -0.887. The smallest absolute Gasteiger partial charge is 0.462 e. The van der Waals surface area contributed by atoms with E-state index in [1.807, 2.05) is 18.2 Å². The highest BCUT2D eigenvalue weighted by Gasteiger charge is 2.11. The summed E-state index contributed by atoms with van der Waals surface area (Å²) in [6, 6.07) is 12.3. The molecule has 1 aromatic heterocycles. The van der Waals surface area contributed by atoms with Crippen LogP contribution < -0.4 is 10.2 Å². The van der Waals surface area contributed by atoms with Crippen molar-refractivity contribution in [2.45, 2.75) is 13.3 Å². The second-order valence-corrected chi connectivity index (χ2v) is 7.14. The van der Waals surface area contributed by atoms with Crippen molar-refractivity contribution in [1.29, 1.82) is 0 Å². The third-order valence-electron chi connectivity index (χ3n) is 3.84. The first-order valence-corrected chi connectivity index (χ1v) is 9.40. The van der Waals surface area contributed by atoms with Crippen molar-refractivity contribution in [2.24, 2.45) is 0 Å². The molecule has 144 valence electrons. The average molecular weight is 398 g/mol. The Morgan fingerprint density at radius 2 is 1.71 bits per heavy atom. The summed E-state index contributed by atoms with van der Waals surface area (Å²) in [5, 5.41) is 1.12. The Morgan fingerprint density at radius 3 is 2.50 bits per heavy atom. The molecule has 0 atom stereocenters. The lowest BCUT2D eigenvalue weighted by Crippen LogP contribution is -2.14. The maximum absolute atomic E-state index is 12.7. The number of carbonyl (C=O) groups is 2. The summed E-state index contributed by atoms with van der Waals surface area (Å²) in [7, 11) is 0. The molecule has 0 bridgehead atoms. The minimum absolute atomic E-state index is 0.0371. The first-order valence-electron chi connectivity index (χ1n) is 8.58. The standard InChI is InChI=1S/C21H18O6S/c1-13(2)20(23)25-10-5-11-26-21(24)27-14-8-9-18-16(12-14)19(22)15-6-3-4-7-17(15)28-18/h3-4,6-9,12H,1,5,10-11H2,2H3. The van der Waals surface area contributed by atoms with Crippen LogP contribution in [0.4, 0.5) is 4.79 Å². The van der Waals surface area contributed by atoms with Crippen LogP contribution in [0.3, 0.4) is 0 Å². The van der Waals surface area contributed by atoms with E-state index >= 15 is 0 Å². The number of hydrogen-bond donors (Lipinski definition) is 0. The predicted octanol–water partition coefficient (Wildman–Crippen LogP) is 4.44. The van der Waals surface area contributed by atoms with Gasteiger partial charge in [-0.05, 0) is 37.3 Å². The molecule has 0 radical (unpaired) electrons. The number of ether oxygens (including phenoxy) is 3. The van der Waals surface area contributed by atoms with Gasteiger partial charge in [-0.25, -0.2) is 9.59 Å². The summed E-state index contributed by atoms with van der Waals surface area (Å²) in [6.07, 6.45) is -0.549. The molecule has 0 spiro atoms. The summed E-state index contributed by atoms with van der Waals surface area (Å²) in [5.74, 6) is -0.258. The Balaban J connectivity index is 1.61. The van der Waals surface area contributed by atoms with E-state index in [2.05, 4.69) is 6.58 Å². The topological polar surface area (TPSA) is 78.9 Å². The average Bonchev–Trinajstić information content (AvgIpc) is 2.68. The van der Waals surface area contributed by atoms with Crippen LogP contribution in [0.5, 0.6) is 5.75 Å². The van der Waals surface area contributed by atoms with Gasteiger partial charge in [0.15, 0.2) is 5.43 Å². The summed E-state index contributed by atoms with van der Waals surface area (Å²) in [4.78, 5) is 35.7. The zero-order chi connectivity index (χ0) is 20.1. The predicted molar refractivity (Wildman–Crippen MR) is 108 cm³/mol. The molecule has 0 unspecified atom stereocenters. The molecule has 2 aromatic carbocycles. The van der Waals surface area contributed by atoms with Gasteiger partial charge in [-0.15, -0.1) is 11.3 Å². The fraction of sp³-hybridized carbons (Fsp3) is 0.190. The van der Waals surface area contributed by atoms with Gasteiger partial charge in [-0.3, -0.25) is 4.79 Å². The minimum Gasteiger partial charge on any atom is -0.462 e. The van der Waals surface area contributed by atoms with Crippen molar-refractivity contribution < 1.29 is 23.8 Å². The van der Waals surface area contributed by atoms with Gasteiger partial charge in [0.05, 0.1) is 13.2 Å². The SMILES string of the molecule is C=C(C)C(=O)OCCCOC(=O)Oc1ccc2sc3ccccc3c(=O)c2c1. The number of esters is 1. The van der Waals surface area contributed by atoms with E-state index in [1.165, 1.54) is 17.4 Å². The number of rotatable bonds is 6. The van der Waals surface area contributed by atoms with E-state index in [0.29, 0.717) is 22.8 Å². The maximum Gasteiger partial charge on any atom is 0.513 e. The van der Waals surface area contributed by atoms with Crippen LogP contribution in [-0.2, 0) is 14.3 Å². The zero-order valence-electron chi connectivity index (χ0n) is 15.2. The van der Waals surface area contributed by atoms with Gasteiger partial charge in [-0.1, -0.05) is 18.7 Å². The summed E-state index contributed by atoms with van der Waals surface area (Å²) in [5.41, 5.74) is 0.200. The molecule has 3 rings (SSSR count). The van der Waals surface area contributed by atoms with Crippen LogP contribution in [0.2, 0.25) is 0 Å². The van der Waals surface area contributed by atoms with Crippen molar-refractivity contribution >= 4 is 43.6 Å². The van der Waals surface area contributed by atoms with Gasteiger partial charge in [0.25, 0.3) is 0 Å². The number of benzene rings is 2. The lowest BCUT2D eigenvalue weighted by Gasteiger charge is -2.07. The van der Waals surface area contributed by atoms with Crippen molar-refractivity contribution in [1.82, 2.24) is 0 Å². The number of hydrogen-bond acceptors (Lipinski definition) is 7. The number of carbonyl (C=O) groups excluding carboxylic acids is 2. The zero-order valence-corrected chi connectivity index (χ0v) is 16.0. The normalized spacial score (nSPS) is 10.6. The fourth-order valence-electron chi connectivity index (χ4n) is 2.47. The molecule has 0 amide bonds. The van der Waals surface area contributed by atoms with Gasteiger partial charge in [0.2, 0.25) is 0 Å². The van der Waals surface area contributed by atoms with Crippen molar-refractivity contribution in [2.75, 3.05) is 13.2 Å². The highest BCUT2D eigenvalue weighted by molar-refractivity contribution is 7.24. The molecule has 0 aliphatic carbocycles. The van der Waals surface area contributed by atoms with Gasteiger partial charge in [0.1, 0.15) is 5.75 Å². The lowest BCUT2D eigenvalue weighted by atomic mass is 10.2. The van der Waals surface area contributed by atoms with E-state index in [-0.39, 0.29) is 24.4 Å². The fourth-order valence-corrected chi connectivity index (χ4v) is 3.53. The van der Waals surface area contributed by atoms with Crippen LogP contribution >= 0.6 is 11.3 Å². The van der Waals surface area contributed by atoms with E-state index in [9.17, 15) is 14.4 Å². The third-order valence-corrected chi connectivity index (χ3v) is 4.99. The van der Waals surface area contributed by atoms with E-state index in [0.717, 1.165) is 9.40 Å². The Hall–Kier alpha value is -3.19. The molecule has 0 saturated heterocycles. The molecule has 1 heterocycles. The van der Waals surface area contributed by atoms with E-state index in [4.69, 9.17) is 14.2 Å². The molecule has 0 N–H and O–H groups in total. The quantitative estimate of drug-likeness (QED) is 0.201. The van der Waals surface area contributed by atoms with Crippen LogP contribution in [0.15, 0.2) is 59.4 Å². The Morgan fingerprint density at radius 1 is 1.00 bits per heavy atom. The molecule has 0 aliphatic rings. The lowest BCUT2D eigenvalue weighted by molar-refractivity contribution is -0.139. The van der Waals surface area contributed by atoms with Crippen molar-refractivity contribution in [3.63, 3.8) is 0 Å². The summed E-state index contributed by atoms with van der Waals surface area (Å²) in [6.45, 7) is 5.18. The first-order chi connectivity index (χ1) is 13.5. The summed E-state index contributed by atoms with van der Waals surface area (Å²) >= 11 is 1.50. The molecule has 0 fully saturated rings. The molecule has 3 aromatic rings. The Labute approximate surface area is 165 Å². The Kier molecular flexibility index (Phi) is 6.06. The molecule has 0 aliphatic heterocycles. The van der Waals surface area contributed by atoms with Crippen molar-refractivity contribution in [3.05, 3.63) is 64.8 Å². The summed E-state index contributed by atoms with van der Waals surface area (Å²) < 4.78 is 16.7. The van der Waals surface area contributed by atoms with E-state index < -0.39 is 12.1 Å². The Bertz CT molecular complexity index is 1110. The maximum atomic E-state index is 12.7. The molecule has 6 nitrogen and oxygen atoms in total. The van der Waals surface area contributed by atoms with Crippen LogP contribution in [0.25, 0.3) is 20.2 Å². The van der Waals surface area contributed by atoms with E-state index in [1.54, 1.807) is 25.1 Å². The highest BCUT2D eigenvalue weighted by Crippen LogP contribution is 2.27. The molecular weight excluding hydrogens is 380 g/mol. The molecule has 0 saturated carbocycles. The monoisotopic (exact) mass is 398 g/mol. The number of fused-ring (bicyclic) bond motifs is 2.